The Morgan fingerprint density at radius 3 is 2.36 bits per heavy atom. The number of rotatable bonds is 4. The van der Waals surface area contributed by atoms with Gasteiger partial charge in [-0.3, -0.25) is 0 Å². The van der Waals surface area contributed by atoms with E-state index in [-0.39, 0.29) is 5.97 Å². The van der Waals surface area contributed by atoms with E-state index >= 15 is 0 Å². The largest absolute Gasteiger partial charge is 0.463 e. The summed E-state index contributed by atoms with van der Waals surface area (Å²) in [5, 5.41) is 0. The molecule has 2 heteroatoms. The van der Waals surface area contributed by atoms with Gasteiger partial charge in [-0.1, -0.05) is 12.0 Å². The molecule has 0 atom stereocenters. The summed E-state index contributed by atoms with van der Waals surface area (Å²) in [5.74, 6) is 1.28. The molecule has 0 aliphatic heterocycles. The van der Waals surface area contributed by atoms with E-state index in [0.29, 0.717) is 18.4 Å². The normalized spacial score (nSPS) is 23.1. The predicted molar refractivity (Wildman–Crippen MR) is 54.8 cm³/mol. The molecule has 0 heterocycles. The molecule has 0 aromatic rings. The number of esters is 1. The zero-order chi connectivity index (χ0) is 9.97. The van der Waals surface area contributed by atoms with Crippen molar-refractivity contribution in [3.8, 4) is 0 Å². The van der Waals surface area contributed by atoms with Crippen LogP contribution >= 0.6 is 0 Å². The standard InChI is InChI=1S/C12H18O2/c1-2-14-12(13)8-11(10-6-7-10)9-4-3-5-9/h8-10H,2-7H2,1H3/b11-8+. The van der Waals surface area contributed by atoms with Crippen LogP contribution in [0.5, 0.6) is 0 Å². The first-order valence-electron chi connectivity index (χ1n) is 5.69. The fourth-order valence-electron chi connectivity index (χ4n) is 2.05. The van der Waals surface area contributed by atoms with E-state index in [1.807, 2.05) is 6.92 Å². The molecule has 2 rings (SSSR count). The number of hydrogen-bond acceptors (Lipinski definition) is 2. The van der Waals surface area contributed by atoms with Gasteiger partial charge in [-0.05, 0) is 44.4 Å². The highest BCUT2D eigenvalue weighted by Gasteiger charge is 2.34. The lowest BCUT2D eigenvalue weighted by Crippen LogP contribution is -2.16. The van der Waals surface area contributed by atoms with Gasteiger partial charge in [0.2, 0.25) is 0 Å². The Morgan fingerprint density at radius 1 is 1.29 bits per heavy atom. The van der Waals surface area contributed by atoms with E-state index < -0.39 is 0 Å². The van der Waals surface area contributed by atoms with Gasteiger partial charge in [0.25, 0.3) is 0 Å². The first-order chi connectivity index (χ1) is 6.81. The first-order valence-corrected chi connectivity index (χ1v) is 5.69. The first kappa shape index (κ1) is 9.75. The Labute approximate surface area is 85.3 Å². The Bertz CT molecular complexity index is 247. The van der Waals surface area contributed by atoms with E-state index in [0.717, 1.165) is 0 Å². The van der Waals surface area contributed by atoms with Crippen LogP contribution in [-0.4, -0.2) is 12.6 Å². The molecule has 2 fully saturated rings. The molecule has 0 spiro atoms. The minimum absolute atomic E-state index is 0.138. The predicted octanol–water partition coefficient (Wildman–Crippen LogP) is 2.69. The third-order valence-corrected chi connectivity index (χ3v) is 3.20. The Hall–Kier alpha value is -0.790. The topological polar surface area (TPSA) is 26.3 Å². The van der Waals surface area contributed by atoms with Crippen molar-refractivity contribution in [2.45, 2.75) is 39.0 Å². The second-order valence-corrected chi connectivity index (χ2v) is 4.30. The summed E-state index contributed by atoms with van der Waals surface area (Å²) in [7, 11) is 0. The molecule has 0 N–H and O–H groups in total. The summed E-state index contributed by atoms with van der Waals surface area (Å²) < 4.78 is 4.95. The second-order valence-electron chi connectivity index (χ2n) is 4.30. The van der Waals surface area contributed by atoms with Crippen molar-refractivity contribution >= 4 is 5.97 Å². The average Bonchev–Trinajstić information content (AvgIpc) is 2.82. The van der Waals surface area contributed by atoms with Crippen LogP contribution in [-0.2, 0) is 9.53 Å². The summed E-state index contributed by atoms with van der Waals surface area (Å²) in [6, 6.07) is 0. The van der Waals surface area contributed by atoms with E-state index in [9.17, 15) is 4.79 Å². The van der Waals surface area contributed by atoms with Crippen LogP contribution in [0.4, 0.5) is 0 Å². The number of allylic oxidation sites excluding steroid dienone is 1. The highest BCUT2D eigenvalue weighted by molar-refractivity contribution is 5.83. The van der Waals surface area contributed by atoms with Gasteiger partial charge in [0.05, 0.1) is 6.61 Å². The molecule has 0 bridgehead atoms. The van der Waals surface area contributed by atoms with Crippen LogP contribution in [0.1, 0.15) is 39.0 Å². The van der Waals surface area contributed by atoms with Crippen LogP contribution in [0, 0.1) is 11.8 Å². The summed E-state index contributed by atoms with van der Waals surface area (Å²) in [6.07, 6.45) is 8.22. The molecule has 0 aromatic carbocycles. The lowest BCUT2D eigenvalue weighted by molar-refractivity contribution is -0.137. The van der Waals surface area contributed by atoms with Gasteiger partial charge >= 0.3 is 5.97 Å². The molecule has 0 amide bonds. The number of ether oxygens (including phenoxy) is 1. The summed E-state index contributed by atoms with van der Waals surface area (Å²) in [6.45, 7) is 2.34. The highest BCUT2D eigenvalue weighted by Crippen LogP contribution is 2.46. The molecule has 2 saturated carbocycles. The van der Waals surface area contributed by atoms with Crippen LogP contribution in [0.25, 0.3) is 0 Å². The van der Waals surface area contributed by atoms with Crippen LogP contribution in [0.2, 0.25) is 0 Å². The Kier molecular flexibility index (Phi) is 2.90. The smallest absolute Gasteiger partial charge is 0.330 e. The third-order valence-electron chi connectivity index (χ3n) is 3.20. The van der Waals surface area contributed by atoms with Gasteiger partial charge in [-0.2, -0.15) is 0 Å². The van der Waals surface area contributed by atoms with Crippen molar-refractivity contribution < 1.29 is 9.53 Å². The van der Waals surface area contributed by atoms with Gasteiger partial charge in [-0.15, -0.1) is 0 Å². The molecule has 2 aliphatic carbocycles. The molecular weight excluding hydrogens is 176 g/mol. The van der Waals surface area contributed by atoms with Crippen molar-refractivity contribution in [3.05, 3.63) is 11.6 Å². The maximum absolute atomic E-state index is 11.3. The third kappa shape index (κ3) is 2.17. The van der Waals surface area contributed by atoms with E-state index in [1.54, 1.807) is 6.08 Å². The van der Waals surface area contributed by atoms with Crippen LogP contribution in [0.3, 0.4) is 0 Å². The summed E-state index contributed by atoms with van der Waals surface area (Å²) in [4.78, 5) is 11.3. The monoisotopic (exact) mass is 194 g/mol. The molecule has 78 valence electrons. The minimum Gasteiger partial charge on any atom is -0.463 e. The van der Waals surface area contributed by atoms with Gasteiger partial charge in [0.1, 0.15) is 0 Å². The highest BCUT2D eigenvalue weighted by atomic mass is 16.5. The van der Waals surface area contributed by atoms with Crippen molar-refractivity contribution in [1.29, 1.82) is 0 Å². The van der Waals surface area contributed by atoms with Crippen LogP contribution in [0.15, 0.2) is 11.6 Å². The van der Waals surface area contributed by atoms with Crippen LogP contribution < -0.4 is 0 Å². The fraction of sp³-hybridized carbons (Fsp3) is 0.750. The zero-order valence-electron chi connectivity index (χ0n) is 8.79. The van der Waals surface area contributed by atoms with E-state index in [4.69, 9.17) is 4.74 Å². The summed E-state index contributed by atoms with van der Waals surface area (Å²) in [5.41, 5.74) is 1.38. The molecule has 2 aliphatic rings. The minimum atomic E-state index is -0.138. The molecule has 0 radical (unpaired) electrons. The molecule has 2 nitrogen and oxygen atoms in total. The van der Waals surface area contributed by atoms with Gasteiger partial charge in [0.15, 0.2) is 0 Å². The van der Waals surface area contributed by atoms with E-state index in [2.05, 4.69) is 0 Å². The van der Waals surface area contributed by atoms with Crippen molar-refractivity contribution in [1.82, 2.24) is 0 Å². The Balaban J connectivity index is 1.97. The molecule has 14 heavy (non-hydrogen) atoms. The van der Waals surface area contributed by atoms with Crippen molar-refractivity contribution in [2.75, 3.05) is 6.61 Å². The lowest BCUT2D eigenvalue weighted by Gasteiger charge is -2.28. The Morgan fingerprint density at radius 2 is 1.93 bits per heavy atom. The van der Waals surface area contributed by atoms with Crippen molar-refractivity contribution in [3.63, 3.8) is 0 Å². The van der Waals surface area contributed by atoms with E-state index in [1.165, 1.54) is 37.7 Å². The van der Waals surface area contributed by atoms with Gasteiger partial charge in [0, 0.05) is 6.08 Å². The maximum Gasteiger partial charge on any atom is 0.330 e. The average molecular weight is 194 g/mol. The quantitative estimate of drug-likeness (QED) is 0.508. The number of carbonyl (C=O) groups excluding carboxylic acids is 1. The lowest BCUT2D eigenvalue weighted by atomic mass is 9.77. The number of hydrogen-bond donors (Lipinski definition) is 0. The van der Waals surface area contributed by atoms with Crippen molar-refractivity contribution in [2.24, 2.45) is 11.8 Å². The fourth-order valence-corrected chi connectivity index (χ4v) is 2.05. The molecular formula is C12H18O2. The molecule has 0 saturated heterocycles. The second kappa shape index (κ2) is 4.16. The maximum atomic E-state index is 11.3. The summed E-state index contributed by atoms with van der Waals surface area (Å²) >= 11 is 0. The van der Waals surface area contributed by atoms with Gasteiger partial charge in [-0.25, -0.2) is 4.79 Å². The molecule has 0 unspecified atom stereocenters. The van der Waals surface area contributed by atoms with Gasteiger partial charge < -0.3 is 4.74 Å². The molecule has 0 aromatic heterocycles. The number of carbonyl (C=O) groups is 1. The SMILES string of the molecule is CCOC(=O)/C=C(\C1CCC1)C1CC1. The zero-order valence-corrected chi connectivity index (χ0v) is 8.79.